The number of aryl methyl sites for hydroxylation is 1. The number of hydrogen-bond acceptors (Lipinski definition) is 1. The average Bonchev–Trinajstić information content (AvgIpc) is 2.50. The van der Waals surface area contributed by atoms with Gasteiger partial charge in [0.1, 0.15) is 0 Å². The molecule has 0 aliphatic carbocycles. The summed E-state index contributed by atoms with van der Waals surface area (Å²) in [5.41, 5.74) is 3.95. The van der Waals surface area contributed by atoms with Crippen molar-refractivity contribution in [1.29, 1.82) is 0 Å². The Morgan fingerprint density at radius 2 is 2.00 bits per heavy atom. The van der Waals surface area contributed by atoms with Crippen LogP contribution in [-0.4, -0.2) is 15.1 Å². The van der Waals surface area contributed by atoms with Crippen molar-refractivity contribution in [1.82, 2.24) is 9.78 Å². The van der Waals surface area contributed by atoms with Gasteiger partial charge in [-0.05, 0) is 31.7 Å². The maximum Gasteiger partial charge on any atom is 0.0628 e. The largest absolute Gasteiger partial charge is 0.269 e. The van der Waals surface area contributed by atoms with Crippen molar-refractivity contribution in [2.45, 2.75) is 47.1 Å². The lowest BCUT2D eigenvalue weighted by Crippen LogP contribution is -2.13. The number of aromatic nitrogens is 2. The third-order valence-electron chi connectivity index (χ3n) is 3.11. The van der Waals surface area contributed by atoms with Crippen molar-refractivity contribution < 1.29 is 0 Å². The molecule has 0 amide bonds. The number of halogens is 1. The first kappa shape index (κ1) is 12.8. The summed E-state index contributed by atoms with van der Waals surface area (Å²) in [5, 5.41) is 5.67. The maximum atomic E-state index is 4.61. The molecule has 2 nitrogen and oxygen atoms in total. The first-order valence-corrected chi connectivity index (χ1v) is 6.84. The van der Waals surface area contributed by atoms with Crippen molar-refractivity contribution >= 4 is 15.9 Å². The van der Waals surface area contributed by atoms with Gasteiger partial charge in [-0.3, -0.25) is 4.68 Å². The Hall–Kier alpha value is -0.310. The van der Waals surface area contributed by atoms with E-state index in [0.717, 1.165) is 18.3 Å². The van der Waals surface area contributed by atoms with Crippen LogP contribution in [0.2, 0.25) is 0 Å². The standard InChI is InChI=1S/C12H21BrN2/c1-5-11(7-13)8-15-10(4)12(6-2)9(3)14-15/h11H,5-8H2,1-4H3. The van der Waals surface area contributed by atoms with Crippen molar-refractivity contribution in [3.63, 3.8) is 0 Å². The summed E-state index contributed by atoms with van der Waals surface area (Å²) in [6.45, 7) is 9.76. The van der Waals surface area contributed by atoms with Gasteiger partial charge in [-0.25, -0.2) is 0 Å². The van der Waals surface area contributed by atoms with Gasteiger partial charge < -0.3 is 0 Å². The lowest BCUT2D eigenvalue weighted by Gasteiger charge is -2.12. The molecule has 0 saturated carbocycles. The maximum absolute atomic E-state index is 4.61. The minimum absolute atomic E-state index is 0.688. The van der Waals surface area contributed by atoms with Crippen LogP contribution in [0.1, 0.15) is 37.2 Å². The zero-order valence-electron chi connectivity index (χ0n) is 10.2. The first-order chi connectivity index (χ1) is 7.13. The van der Waals surface area contributed by atoms with Crippen LogP contribution < -0.4 is 0 Å². The zero-order chi connectivity index (χ0) is 11.4. The highest BCUT2D eigenvalue weighted by Crippen LogP contribution is 2.17. The fourth-order valence-electron chi connectivity index (χ4n) is 1.96. The highest BCUT2D eigenvalue weighted by atomic mass is 79.9. The van der Waals surface area contributed by atoms with E-state index in [0.29, 0.717) is 5.92 Å². The van der Waals surface area contributed by atoms with E-state index in [4.69, 9.17) is 0 Å². The Balaban J connectivity index is 2.86. The topological polar surface area (TPSA) is 17.8 Å². The molecule has 0 aliphatic heterocycles. The summed E-state index contributed by atoms with van der Waals surface area (Å²) in [6.07, 6.45) is 2.29. The molecule has 0 N–H and O–H groups in total. The van der Waals surface area contributed by atoms with Crippen LogP contribution in [0.5, 0.6) is 0 Å². The summed E-state index contributed by atoms with van der Waals surface area (Å²) in [4.78, 5) is 0. The Morgan fingerprint density at radius 1 is 1.33 bits per heavy atom. The lowest BCUT2D eigenvalue weighted by atomic mass is 10.1. The van der Waals surface area contributed by atoms with E-state index in [2.05, 4.69) is 53.4 Å². The van der Waals surface area contributed by atoms with Gasteiger partial charge in [0.2, 0.25) is 0 Å². The summed E-state index contributed by atoms with van der Waals surface area (Å²) >= 11 is 3.56. The Labute approximate surface area is 101 Å². The van der Waals surface area contributed by atoms with Gasteiger partial charge in [-0.15, -0.1) is 0 Å². The van der Waals surface area contributed by atoms with Gasteiger partial charge in [0.05, 0.1) is 5.69 Å². The Kier molecular flexibility index (Phi) is 4.84. The van der Waals surface area contributed by atoms with Crippen LogP contribution >= 0.6 is 15.9 Å². The van der Waals surface area contributed by atoms with Crippen molar-refractivity contribution in [2.24, 2.45) is 5.92 Å². The van der Waals surface area contributed by atoms with E-state index >= 15 is 0 Å². The number of alkyl halides is 1. The summed E-state index contributed by atoms with van der Waals surface area (Å²) in [6, 6.07) is 0. The number of nitrogens with zero attached hydrogens (tertiary/aromatic N) is 2. The van der Waals surface area contributed by atoms with Gasteiger partial charge in [0.25, 0.3) is 0 Å². The van der Waals surface area contributed by atoms with Crippen LogP contribution in [0.15, 0.2) is 0 Å². The van der Waals surface area contributed by atoms with Crippen LogP contribution in [-0.2, 0) is 13.0 Å². The van der Waals surface area contributed by atoms with E-state index in [1.165, 1.54) is 23.4 Å². The molecule has 1 aromatic rings. The molecule has 0 spiro atoms. The van der Waals surface area contributed by atoms with Crippen LogP contribution in [0.4, 0.5) is 0 Å². The zero-order valence-corrected chi connectivity index (χ0v) is 11.8. The minimum Gasteiger partial charge on any atom is -0.269 e. The smallest absolute Gasteiger partial charge is 0.0628 e. The van der Waals surface area contributed by atoms with E-state index in [9.17, 15) is 0 Å². The van der Waals surface area contributed by atoms with Crippen LogP contribution in [0, 0.1) is 19.8 Å². The second-order valence-electron chi connectivity index (χ2n) is 4.11. The molecule has 0 radical (unpaired) electrons. The van der Waals surface area contributed by atoms with E-state index in [1.54, 1.807) is 0 Å². The molecule has 1 rings (SSSR count). The molecule has 1 aromatic heterocycles. The highest BCUT2D eigenvalue weighted by molar-refractivity contribution is 9.09. The fraction of sp³-hybridized carbons (Fsp3) is 0.750. The Morgan fingerprint density at radius 3 is 2.40 bits per heavy atom. The number of rotatable bonds is 5. The fourth-order valence-corrected chi connectivity index (χ4v) is 2.62. The normalized spacial score (nSPS) is 13.1. The van der Waals surface area contributed by atoms with Crippen molar-refractivity contribution in [2.75, 3.05) is 5.33 Å². The molecule has 1 heterocycles. The lowest BCUT2D eigenvalue weighted by molar-refractivity contribution is 0.439. The van der Waals surface area contributed by atoms with E-state index < -0.39 is 0 Å². The van der Waals surface area contributed by atoms with Crippen LogP contribution in [0.25, 0.3) is 0 Å². The molecule has 0 bridgehead atoms. The molecule has 0 fully saturated rings. The molecular formula is C12H21BrN2. The molecule has 0 aliphatic rings. The second-order valence-corrected chi connectivity index (χ2v) is 4.76. The molecule has 0 aromatic carbocycles. The molecule has 1 unspecified atom stereocenters. The third-order valence-corrected chi connectivity index (χ3v) is 4.03. The second kappa shape index (κ2) is 5.69. The monoisotopic (exact) mass is 272 g/mol. The van der Waals surface area contributed by atoms with Crippen molar-refractivity contribution in [3.05, 3.63) is 17.0 Å². The predicted octanol–water partition coefficient (Wildman–Crippen LogP) is 3.48. The first-order valence-electron chi connectivity index (χ1n) is 5.72. The molecule has 15 heavy (non-hydrogen) atoms. The van der Waals surface area contributed by atoms with Gasteiger partial charge in [-0.1, -0.05) is 36.2 Å². The minimum atomic E-state index is 0.688. The highest BCUT2D eigenvalue weighted by Gasteiger charge is 2.12. The SMILES string of the molecule is CCc1c(C)nn(CC(CC)CBr)c1C. The third kappa shape index (κ3) is 2.83. The summed E-state index contributed by atoms with van der Waals surface area (Å²) in [7, 11) is 0. The number of hydrogen-bond donors (Lipinski definition) is 0. The van der Waals surface area contributed by atoms with Gasteiger partial charge >= 0.3 is 0 Å². The van der Waals surface area contributed by atoms with Crippen molar-refractivity contribution in [3.8, 4) is 0 Å². The van der Waals surface area contributed by atoms with Gasteiger partial charge in [-0.2, -0.15) is 5.10 Å². The van der Waals surface area contributed by atoms with Gasteiger partial charge in [0, 0.05) is 17.6 Å². The van der Waals surface area contributed by atoms with Gasteiger partial charge in [0.15, 0.2) is 0 Å². The van der Waals surface area contributed by atoms with Crippen LogP contribution in [0.3, 0.4) is 0 Å². The summed E-state index contributed by atoms with van der Waals surface area (Å²) in [5.74, 6) is 0.688. The molecule has 1 atom stereocenters. The molecular weight excluding hydrogens is 252 g/mol. The quantitative estimate of drug-likeness (QED) is 0.751. The summed E-state index contributed by atoms with van der Waals surface area (Å²) < 4.78 is 2.17. The molecule has 3 heteroatoms. The molecule has 86 valence electrons. The predicted molar refractivity (Wildman–Crippen MR) is 68.7 cm³/mol. The Bertz CT molecular complexity index is 314. The van der Waals surface area contributed by atoms with E-state index in [-0.39, 0.29) is 0 Å². The average molecular weight is 273 g/mol. The van der Waals surface area contributed by atoms with E-state index in [1.807, 2.05) is 0 Å². The molecule has 0 saturated heterocycles.